The van der Waals surface area contributed by atoms with Gasteiger partial charge in [-0.1, -0.05) is 35.3 Å². The first kappa shape index (κ1) is 20.0. The van der Waals surface area contributed by atoms with E-state index in [2.05, 4.69) is 4.98 Å². The average molecular weight is 445 g/mol. The van der Waals surface area contributed by atoms with Gasteiger partial charge >= 0.3 is 6.18 Å². The number of pyridine rings is 1. The fourth-order valence-corrected chi connectivity index (χ4v) is 4.54. The molecule has 3 rings (SSSR count). The van der Waals surface area contributed by atoms with E-state index in [9.17, 15) is 18.4 Å². The van der Waals surface area contributed by atoms with Crippen molar-refractivity contribution in [3.63, 3.8) is 0 Å². The number of nitrogens with zero attached hydrogens (tertiary/aromatic N) is 2. The molecule has 0 aliphatic carbocycles. The Kier molecular flexibility index (Phi) is 6.02. The van der Waals surface area contributed by atoms with Crippen LogP contribution in [0.15, 0.2) is 46.8 Å². The van der Waals surface area contributed by atoms with Crippen LogP contribution in [0.4, 0.5) is 13.2 Å². The van der Waals surface area contributed by atoms with Crippen molar-refractivity contribution < 1.29 is 13.2 Å². The number of hydrogen-bond donors (Lipinski definition) is 0. The molecule has 2 aromatic heterocycles. The van der Waals surface area contributed by atoms with E-state index in [0.717, 1.165) is 17.8 Å². The number of halogens is 5. The van der Waals surface area contributed by atoms with Crippen LogP contribution >= 0.6 is 46.3 Å². The molecule has 0 unspecified atom stereocenters. The Morgan fingerprint density at radius 2 is 1.96 bits per heavy atom. The Balaban J connectivity index is 2.04. The third-order valence-electron chi connectivity index (χ3n) is 3.56. The van der Waals surface area contributed by atoms with Crippen molar-refractivity contribution in [1.82, 2.24) is 4.98 Å². The molecule has 0 aliphatic heterocycles. The number of thioether (sulfide) groups is 1. The molecule has 0 amide bonds. The molecule has 1 aromatic carbocycles. The largest absolute Gasteiger partial charge is 0.417 e. The van der Waals surface area contributed by atoms with Gasteiger partial charge in [0.2, 0.25) is 0 Å². The summed E-state index contributed by atoms with van der Waals surface area (Å²) in [5.41, 5.74) is -0.612. The third kappa shape index (κ3) is 4.58. The maximum atomic E-state index is 13.5. The van der Waals surface area contributed by atoms with Gasteiger partial charge in [0, 0.05) is 15.8 Å². The van der Waals surface area contributed by atoms with Gasteiger partial charge in [-0.15, -0.1) is 23.1 Å². The lowest BCUT2D eigenvalue weighted by molar-refractivity contribution is -0.138. The molecular weight excluding hydrogens is 436 g/mol. The van der Waals surface area contributed by atoms with E-state index < -0.39 is 17.3 Å². The Bertz CT molecular complexity index is 1010. The molecule has 2 nitrogen and oxygen atoms in total. The normalized spacial score (nSPS) is 11.4. The van der Waals surface area contributed by atoms with Crippen molar-refractivity contribution in [3.8, 4) is 16.6 Å². The number of benzene rings is 1. The van der Waals surface area contributed by atoms with Gasteiger partial charge in [0.15, 0.2) is 0 Å². The SMILES string of the molecule is N#Cc1c(C(F)(F)F)cc(-c2cccs2)nc1SCc1ccc(Cl)cc1Cl. The van der Waals surface area contributed by atoms with Crippen molar-refractivity contribution in [2.45, 2.75) is 17.0 Å². The van der Waals surface area contributed by atoms with Gasteiger partial charge < -0.3 is 0 Å². The predicted octanol–water partition coefficient (Wildman–Crippen LogP) is 7.30. The highest BCUT2D eigenvalue weighted by Gasteiger charge is 2.36. The van der Waals surface area contributed by atoms with Crippen LogP contribution in [0.3, 0.4) is 0 Å². The first-order chi connectivity index (χ1) is 12.8. The molecule has 0 aliphatic rings. The van der Waals surface area contributed by atoms with Crippen LogP contribution < -0.4 is 0 Å². The fraction of sp³-hybridized carbons (Fsp3) is 0.111. The summed E-state index contributed by atoms with van der Waals surface area (Å²) >= 11 is 14.3. The van der Waals surface area contributed by atoms with Gasteiger partial charge in [0.1, 0.15) is 11.1 Å². The summed E-state index contributed by atoms with van der Waals surface area (Å²) in [5.74, 6) is 0.253. The summed E-state index contributed by atoms with van der Waals surface area (Å²) in [6.07, 6.45) is -4.66. The maximum Gasteiger partial charge on any atom is 0.417 e. The Morgan fingerprint density at radius 3 is 2.56 bits per heavy atom. The van der Waals surface area contributed by atoms with E-state index >= 15 is 0 Å². The summed E-state index contributed by atoms with van der Waals surface area (Å²) in [6, 6.07) is 10.9. The van der Waals surface area contributed by atoms with Crippen molar-refractivity contribution >= 4 is 46.3 Å². The quantitative estimate of drug-likeness (QED) is 0.396. The Labute approximate surface area is 171 Å². The minimum atomic E-state index is -4.66. The summed E-state index contributed by atoms with van der Waals surface area (Å²) in [4.78, 5) is 4.90. The summed E-state index contributed by atoms with van der Waals surface area (Å²) in [5, 5.41) is 12.0. The minimum absolute atomic E-state index is 0.0155. The lowest BCUT2D eigenvalue weighted by atomic mass is 10.1. The first-order valence-electron chi connectivity index (χ1n) is 7.42. The van der Waals surface area contributed by atoms with Crippen LogP contribution in [0.2, 0.25) is 10.0 Å². The second kappa shape index (κ2) is 8.11. The highest BCUT2D eigenvalue weighted by Crippen LogP contribution is 2.39. The van der Waals surface area contributed by atoms with E-state index in [1.54, 1.807) is 41.8 Å². The van der Waals surface area contributed by atoms with Crippen molar-refractivity contribution in [2.24, 2.45) is 0 Å². The van der Waals surface area contributed by atoms with Crippen LogP contribution in [0, 0.1) is 11.3 Å². The molecule has 0 saturated heterocycles. The Hall–Kier alpha value is -1.72. The summed E-state index contributed by atoms with van der Waals surface area (Å²) in [6.45, 7) is 0. The molecule has 0 atom stereocenters. The second-order valence-electron chi connectivity index (χ2n) is 5.35. The second-order valence-corrected chi connectivity index (χ2v) is 8.10. The lowest BCUT2D eigenvalue weighted by Crippen LogP contribution is -2.10. The topological polar surface area (TPSA) is 36.7 Å². The molecule has 0 bridgehead atoms. The van der Waals surface area contributed by atoms with Crippen LogP contribution in [0.25, 0.3) is 10.6 Å². The van der Waals surface area contributed by atoms with Gasteiger partial charge in [0.05, 0.1) is 21.7 Å². The smallest absolute Gasteiger partial charge is 0.239 e. The Morgan fingerprint density at radius 1 is 1.19 bits per heavy atom. The molecule has 2 heterocycles. The standard InChI is InChI=1S/C18H9Cl2F3N2S2/c19-11-4-3-10(14(20)6-11)9-27-17-12(8-24)13(18(21,22)23)7-15(25-17)16-2-1-5-26-16/h1-7H,9H2. The summed E-state index contributed by atoms with van der Waals surface area (Å²) in [7, 11) is 0. The fourth-order valence-electron chi connectivity index (χ4n) is 2.29. The van der Waals surface area contributed by atoms with Crippen molar-refractivity contribution in [2.75, 3.05) is 0 Å². The molecule has 3 aromatic rings. The average Bonchev–Trinajstić information content (AvgIpc) is 3.14. The zero-order valence-electron chi connectivity index (χ0n) is 13.3. The lowest BCUT2D eigenvalue weighted by Gasteiger charge is -2.14. The van der Waals surface area contributed by atoms with E-state index in [4.69, 9.17) is 23.2 Å². The van der Waals surface area contributed by atoms with Gasteiger partial charge in [-0.3, -0.25) is 0 Å². The zero-order valence-corrected chi connectivity index (χ0v) is 16.5. The van der Waals surface area contributed by atoms with Gasteiger partial charge in [-0.25, -0.2) is 4.98 Å². The van der Waals surface area contributed by atoms with E-state index in [1.165, 1.54) is 11.3 Å². The maximum absolute atomic E-state index is 13.5. The van der Waals surface area contributed by atoms with Crippen molar-refractivity contribution in [1.29, 1.82) is 5.26 Å². The van der Waals surface area contributed by atoms with E-state index in [1.807, 2.05) is 0 Å². The van der Waals surface area contributed by atoms with Gasteiger partial charge in [0.25, 0.3) is 0 Å². The van der Waals surface area contributed by atoms with Crippen LogP contribution in [-0.2, 0) is 11.9 Å². The number of aromatic nitrogens is 1. The molecule has 0 radical (unpaired) electrons. The van der Waals surface area contributed by atoms with Gasteiger partial charge in [-0.2, -0.15) is 18.4 Å². The molecule has 0 spiro atoms. The molecule has 27 heavy (non-hydrogen) atoms. The van der Waals surface area contributed by atoms with Crippen LogP contribution in [0.1, 0.15) is 16.7 Å². The monoisotopic (exact) mass is 444 g/mol. The number of rotatable bonds is 4. The molecule has 0 fully saturated rings. The molecule has 9 heteroatoms. The van der Waals surface area contributed by atoms with E-state index in [0.29, 0.717) is 20.5 Å². The number of alkyl halides is 3. The molecule has 0 saturated carbocycles. The molecule has 138 valence electrons. The summed E-state index contributed by atoms with van der Waals surface area (Å²) < 4.78 is 40.5. The molecule has 0 N–H and O–H groups in total. The molecular formula is C18H9Cl2F3N2S2. The highest BCUT2D eigenvalue weighted by atomic mass is 35.5. The predicted molar refractivity (Wildman–Crippen MR) is 103 cm³/mol. The highest BCUT2D eigenvalue weighted by molar-refractivity contribution is 7.98. The minimum Gasteiger partial charge on any atom is -0.239 e. The van der Waals surface area contributed by atoms with Crippen LogP contribution in [0.5, 0.6) is 0 Å². The third-order valence-corrected chi connectivity index (χ3v) is 6.06. The first-order valence-corrected chi connectivity index (χ1v) is 10.0. The van der Waals surface area contributed by atoms with Gasteiger partial charge in [-0.05, 0) is 35.2 Å². The number of hydrogen-bond acceptors (Lipinski definition) is 4. The van der Waals surface area contributed by atoms with Crippen molar-refractivity contribution in [3.05, 3.63) is 68.5 Å². The number of thiophene rings is 1. The zero-order chi connectivity index (χ0) is 19.6. The van der Waals surface area contributed by atoms with E-state index in [-0.39, 0.29) is 16.5 Å². The van der Waals surface area contributed by atoms with Crippen LogP contribution in [-0.4, -0.2) is 4.98 Å². The number of nitriles is 1.